The van der Waals surface area contributed by atoms with Crippen molar-refractivity contribution in [1.29, 1.82) is 0 Å². The molecule has 18 heavy (non-hydrogen) atoms. The van der Waals surface area contributed by atoms with Crippen LogP contribution in [0.25, 0.3) is 0 Å². The van der Waals surface area contributed by atoms with Gasteiger partial charge in [0.1, 0.15) is 5.82 Å². The number of hydrogen-bond donors (Lipinski definition) is 2. The number of nitrogens with zero attached hydrogens (tertiary/aromatic N) is 1. The van der Waals surface area contributed by atoms with E-state index in [-0.39, 0.29) is 6.04 Å². The highest BCUT2D eigenvalue weighted by atomic mass is 35.5. The molecule has 2 aromatic rings. The smallest absolute Gasteiger partial charge is 0.107 e. The Labute approximate surface area is 113 Å². The quantitative estimate of drug-likeness (QED) is 0.869. The number of imidazole rings is 1. The van der Waals surface area contributed by atoms with Gasteiger partial charge in [-0.15, -0.1) is 0 Å². The van der Waals surface area contributed by atoms with E-state index in [0.29, 0.717) is 0 Å². The Bertz CT molecular complexity index is 473. The molecule has 0 saturated heterocycles. The van der Waals surface area contributed by atoms with Crippen molar-refractivity contribution in [2.75, 3.05) is 6.54 Å². The minimum absolute atomic E-state index is 0.235. The molecule has 2 N–H and O–H groups in total. The maximum atomic E-state index is 6.13. The second-order valence-electron chi connectivity index (χ2n) is 4.41. The summed E-state index contributed by atoms with van der Waals surface area (Å²) >= 11 is 6.13. The minimum atomic E-state index is 0.235. The van der Waals surface area contributed by atoms with Crippen LogP contribution in [0.4, 0.5) is 0 Å². The highest BCUT2D eigenvalue weighted by molar-refractivity contribution is 6.30. The molecule has 1 aromatic carbocycles. The average molecular weight is 264 g/mol. The number of likely N-dealkylation sites (N-methyl/N-ethyl adjacent to an activating group) is 1. The van der Waals surface area contributed by atoms with Gasteiger partial charge in [-0.2, -0.15) is 0 Å². The van der Waals surface area contributed by atoms with Gasteiger partial charge in [0.15, 0.2) is 0 Å². The predicted molar refractivity (Wildman–Crippen MR) is 74.9 cm³/mol. The topological polar surface area (TPSA) is 40.7 Å². The number of hydrogen-bond acceptors (Lipinski definition) is 2. The zero-order valence-corrected chi connectivity index (χ0v) is 11.5. The summed E-state index contributed by atoms with van der Waals surface area (Å²) in [5.41, 5.74) is 2.39. The summed E-state index contributed by atoms with van der Waals surface area (Å²) in [4.78, 5) is 7.42. The molecule has 96 valence electrons. The minimum Gasteiger partial charge on any atom is -0.349 e. The fraction of sp³-hybridized carbons (Fsp3) is 0.357. The first-order valence-electron chi connectivity index (χ1n) is 6.17. The normalized spacial score (nSPS) is 12.6. The second kappa shape index (κ2) is 6.03. The molecule has 0 fully saturated rings. The van der Waals surface area contributed by atoms with Gasteiger partial charge in [0.05, 0.1) is 0 Å². The molecular formula is C14H18ClN3. The summed E-state index contributed by atoms with van der Waals surface area (Å²) in [6, 6.07) is 6.40. The van der Waals surface area contributed by atoms with Crippen LogP contribution in [0.15, 0.2) is 30.6 Å². The van der Waals surface area contributed by atoms with Crippen molar-refractivity contribution in [2.24, 2.45) is 0 Å². The Balaban J connectivity index is 2.23. The fourth-order valence-corrected chi connectivity index (χ4v) is 2.42. The van der Waals surface area contributed by atoms with Crippen LogP contribution >= 0.6 is 11.6 Å². The first-order valence-corrected chi connectivity index (χ1v) is 6.55. The number of nitrogens with one attached hydrogen (secondary N) is 2. The molecule has 0 saturated carbocycles. The van der Waals surface area contributed by atoms with E-state index in [0.717, 1.165) is 23.8 Å². The van der Waals surface area contributed by atoms with Crippen LogP contribution < -0.4 is 5.32 Å². The van der Waals surface area contributed by atoms with E-state index >= 15 is 0 Å². The third-order valence-electron chi connectivity index (χ3n) is 2.87. The highest BCUT2D eigenvalue weighted by Gasteiger charge is 2.13. The highest BCUT2D eigenvalue weighted by Crippen LogP contribution is 2.22. The first kappa shape index (κ1) is 13.1. The predicted octanol–water partition coefficient (Wildman–Crippen LogP) is 3.26. The summed E-state index contributed by atoms with van der Waals surface area (Å²) in [6.45, 7) is 5.08. The average Bonchev–Trinajstić information content (AvgIpc) is 2.80. The van der Waals surface area contributed by atoms with Gasteiger partial charge in [-0.3, -0.25) is 0 Å². The van der Waals surface area contributed by atoms with Crippen LogP contribution in [0, 0.1) is 6.92 Å². The number of aromatic amines is 1. The number of H-pyrrole nitrogens is 1. The number of benzene rings is 1. The van der Waals surface area contributed by atoms with Crippen LogP contribution in [0.1, 0.15) is 29.9 Å². The molecule has 1 aromatic heterocycles. The molecule has 4 heteroatoms. The van der Waals surface area contributed by atoms with E-state index in [1.807, 2.05) is 18.3 Å². The molecule has 2 rings (SSSR count). The summed E-state index contributed by atoms with van der Waals surface area (Å²) in [5, 5.41) is 4.26. The monoisotopic (exact) mass is 263 g/mol. The van der Waals surface area contributed by atoms with Crippen LogP contribution in [0.2, 0.25) is 5.02 Å². The Hall–Kier alpha value is -1.32. The summed E-state index contributed by atoms with van der Waals surface area (Å²) in [6.07, 6.45) is 4.46. The molecule has 0 spiro atoms. The van der Waals surface area contributed by atoms with Crippen molar-refractivity contribution in [3.05, 3.63) is 52.6 Å². The van der Waals surface area contributed by atoms with E-state index in [1.165, 1.54) is 11.1 Å². The van der Waals surface area contributed by atoms with E-state index in [2.05, 4.69) is 35.2 Å². The molecule has 0 aliphatic carbocycles. The van der Waals surface area contributed by atoms with Gasteiger partial charge >= 0.3 is 0 Å². The number of rotatable bonds is 5. The van der Waals surface area contributed by atoms with Gasteiger partial charge in [0.25, 0.3) is 0 Å². The summed E-state index contributed by atoms with van der Waals surface area (Å²) in [7, 11) is 0. The van der Waals surface area contributed by atoms with E-state index in [9.17, 15) is 0 Å². The zero-order valence-electron chi connectivity index (χ0n) is 10.7. The Morgan fingerprint density at radius 3 is 2.83 bits per heavy atom. The summed E-state index contributed by atoms with van der Waals surface area (Å²) < 4.78 is 0. The standard InChI is InChI=1S/C14H18ClN3/c1-3-16-13(9-14-17-4-5-18-14)11-6-10(2)7-12(15)8-11/h4-8,13,16H,3,9H2,1-2H3,(H,17,18). The van der Waals surface area contributed by atoms with Crippen molar-refractivity contribution < 1.29 is 0 Å². The number of halogens is 1. The molecule has 1 atom stereocenters. The van der Waals surface area contributed by atoms with Crippen molar-refractivity contribution in [1.82, 2.24) is 15.3 Å². The molecule has 0 bridgehead atoms. The van der Waals surface area contributed by atoms with Crippen molar-refractivity contribution in [3.63, 3.8) is 0 Å². The Morgan fingerprint density at radius 1 is 1.39 bits per heavy atom. The maximum absolute atomic E-state index is 6.13. The Morgan fingerprint density at radius 2 is 2.22 bits per heavy atom. The molecule has 0 radical (unpaired) electrons. The second-order valence-corrected chi connectivity index (χ2v) is 4.85. The first-order chi connectivity index (χ1) is 8.69. The largest absolute Gasteiger partial charge is 0.349 e. The van der Waals surface area contributed by atoms with Gasteiger partial charge in [-0.25, -0.2) is 4.98 Å². The lowest BCUT2D eigenvalue weighted by atomic mass is 10.0. The molecular weight excluding hydrogens is 246 g/mol. The van der Waals surface area contributed by atoms with Crippen LogP contribution in [0.3, 0.4) is 0 Å². The Kier molecular flexibility index (Phi) is 4.39. The van der Waals surface area contributed by atoms with Crippen LogP contribution in [-0.2, 0) is 6.42 Å². The third-order valence-corrected chi connectivity index (χ3v) is 3.09. The number of aryl methyl sites for hydroxylation is 1. The van der Waals surface area contributed by atoms with E-state index < -0.39 is 0 Å². The van der Waals surface area contributed by atoms with Crippen LogP contribution in [-0.4, -0.2) is 16.5 Å². The van der Waals surface area contributed by atoms with E-state index in [4.69, 9.17) is 11.6 Å². The molecule has 0 aliphatic rings. The number of aromatic nitrogens is 2. The van der Waals surface area contributed by atoms with E-state index in [1.54, 1.807) is 6.20 Å². The zero-order chi connectivity index (χ0) is 13.0. The van der Waals surface area contributed by atoms with Crippen molar-refractivity contribution >= 4 is 11.6 Å². The van der Waals surface area contributed by atoms with Gasteiger partial charge in [-0.05, 0) is 36.7 Å². The van der Waals surface area contributed by atoms with Crippen molar-refractivity contribution in [2.45, 2.75) is 26.3 Å². The van der Waals surface area contributed by atoms with Gasteiger partial charge < -0.3 is 10.3 Å². The fourth-order valence-electron chi connectivity index (χ4n) is 2.12. The molecule has 0 aliphatic heterocycles. The molecule has 3 nitrogen and oxygen atoms in total. The lowest BCUT2D eigenvalue weighted by molar-refractivity contribution is 0.539. The lowest BCUT2D eigenvalue weighted by Gasteiger charge is -2.18. The maximum Gasteiger partial charge on any atom is 0.107 e. The molecule has 1 unspecified atom stereocenters. The summed E-state index contributed by atoms with van der Waals surface area (Å²) in [5.74, 6) is 0.985. The molecule has 1 heterocycles. The van der Waals surface area contributed by atoms with Crippen LogP contribution in [0.5, 0.6) is 0 Å². The van der Waals surface area contributed by atoms with Gasteiger partial charge in [0, 0.05) is 29.9 Å². The van der Waals surface area contributed by atoms with Crippen molar-refractivity contribution in [3.8, 4) is 0 Å². The SMILES string of the molecule is CCNC(Cc1ncc[nH]1)c1cc(C)cc(Cl)c1. The van der Waals surface area contributed by atoms with Gasteiger partial charge in [-0.1, -0.05) is 24.6 Å². The lowest BCUT2D eigenvalue weighted by Crippen LogP contribution is -2.23. The van der Waals surface area contributed by atoms with Gasteiger partial charge in [0.2, 0.25) is 0 Å². The third kappa shape index (κ3) is 3.34. The molecule has 0 amide bonds.